The molecule has 1 aromatic carbocycles. The van der Waals surface area contributed by atoms with Crippen molar-refractivity contribution in [2.75, 3.05) is 6.54 Å². The zero-order valence-electron chi connectivity index (χ0n) is 11.5. The van der Waals surface area contributed by atoms with Crippen molar-refractivity contribution in [2.45, 2.75) is 25.4 Å². The lowest BCUT2D eigenvalue weighted by molar-refractivity contribution is -0.129. The van der Waals surface area contributed by atoms with Crippen LogP contribution in [0.2, 0.25) is 0 Å². The van der Waals surface area contributed by atoms with Crippen LogP contribution in [0.1, 0.15) is 24.9 Å². The Bertz CT molecular complexity index is 465. The maximum absolute atomic E-state index is 12.2. The fourth-order valence-corrected chi connectivity index (χ4v) is 2.90. The summed E-state index contributed by atoms with van der Waals surface area (Å²) in [4.78, 5) is 14.5. The average molecular weight is 255 g/mol. The van der Waals surface area contributed by atoms with Crippen LogP contribution in [-0.4, -0.2) is 23.3 Å². The largest absolute Gasteiger partial charge is 0.299 e. The predicted octanol–water partition coefficient (Wildman–Crippen LogP) is 3.38. The molecule has 100 valence electrons. The molecule has 0 aliphatic carbocycles. The third kappa shape index (κ3) is 2.69. The number of benzene rings is 1. The van der Waals surface area contributed by atoms with E-state index >= 15 is 0 Å². The third-order valence-electron chi connectivity index (χ3n) is 3.96. The van der Waals surface area contributed by atoms with Gasteiger partial charge in [0.15, 0.2) is 0 Å². The van der Waals surface area contributed by atoms with Crippen molar-refractivity contribution in [3.63, 3.8) is 0 Å². The first-order valence-electron chi connectivity index (χ1n) is 6.76. The van der Waals surface area contributed by atoms with Crippen molar-refractivity contribution in [3.05, 3.63) is 61.2 Å². The Balaban J connectivity index is 2.36. The minimum Gasteiger partial charge on any atom is -0.299 e. The molecular formula is C17H21NO. The van der Waals surface area contributed by atoms with Gasteiger partial charge in [-0.1, -0.05) is 49.4 Å². The Morgan fingerprint density at radius 2 is 2.00 bits per heavy atom. The van der Waals surface area contributed by atoms with Crippen LogP contribution in [0.15, 0.2) is 55.6 Å². The summed E-state index contributed by atoms with van der Waals surface area (Å²) in [6, 6.07) is 10.4. The zero-order valence-corrected chi connectivity index (χ0v) is 11.5. The third-order valence-corrected chi connectivity index (χ3v) is 3.96. The summed E-state index contributed by atoms with van der Waals surface area (Å²) in [5.41, 5.74) is 1.19. The van der Waals surface area contributed by atoms with Gasteiger partial charge in [0.05, 0.1) is 0 Å². The minimum absolute atomic E-state index is 0.0115. The molecule has 2 rings (SSSR count). The van der Waals surface area contributed by atoms with Crippen LogP contribution in [0.5, 0.6) is 0 Å². The first-order valence-corrected chi connectivity index (χ1v) is 6.76. The van der Waals surface area contributed by atoms with Gasteiger partial charge < -0.3 is 0 Å². The Morgan fingerprint density at radius 3 is 2.58 bits per heavy atom. The van der Waals surface area contributed by atoms with Gasteiger partial charge in [0.1, 0.15) is 5.78 Å². The second kappa shape index (κ2) is 5.98. The molecule has 0 saturated carbocycles. The molecule has 0 aromatic heterocycles. The standard InChI is InChI=1S/C17H21NO/c1-4-11-18-15(5-2)13(3)17(19)12-16(18)14-9-7-6-8-10-14/h4-10,13,15-16H,1-2,11-12H2,3H3/t13-,15+,16+/m1/s1. The number of carbonyl (C=O) groups excluding carboxylic acids is 1. The van der Waals surface area contributed by atoms with Crippen LogP contribution in [0.4, 0.5) is 0 Å². The second-order valence-electron chi connectivity index (χ2n) is 5.10. The Labute approximate surface area is 115 Å². The molecule has 2 nitrogen and oxygen atoms in total. The van der Waals surface area contributed by atoms with Crippen LogP contribution < -0.4 is 0 Å². The summed E-state index contributed by atoms with van der Waals surface area (Å²) in [6.45, 7) is 10.5. The molecule has 19 heavy (non-hydrogen) atoms. The predicted molar refractivity (Wildman–Crippen MR) is 78.9 cm³/mol. The van der Waals surface area contributed by atoms with Gasteiger partial charge in [0.2, 0.25) is 0 Å². The molecule has 0 unspecified atom stereocenters. The second-order valence-corrected chi connectivity index (χ2v) is 5.10. The smallest absolute Gasteiger partial charge is 0.139 e. The monoisotopic (exact) mass is 255 g/mol. The van der Waals surface area contributed by atoms with Crippen LogP contribution in [0.3, 0.4) is 0 Å². The summed E-state index contributed by atoms with van der Waals surface area (Å²) in [5, 5.41) is 0. The van der Waals surface area contributed by atoms with E-state index in [4.69, 9.17) is 0 Å². The number of ketones is 1. The van der Waals surface area contributed by atoms with Gasteiger partial charge in [-0.15, -0.1) is 13.2 Å². The number of likely N-dealkylation sites (tertiary alicyclic amines) is 1. The van der Waals surface area contributed by atoms with Gasteiger partial charge in [0, 0.05) is 31.0 Å². The fourth-order valence-electron chi connectivity index (χ4n) is 2.90. The molecule has 0 amide bonds. The number of Topliss-reactive ketones (excluding diaryl/α,β-unsaturated/α-hetero) is 1. The number of nitrogens with zero attached hydrogens (tertiary/aromatic N) is 1. The fraction of sp³-hybridized carbons (Fsp3) is 0.353. The Hall–Kier alpha value is -1.67. The molecule has 0 N–H and O–H groups in total. The molecule has 0 radical (unpaired) electrons. The number of hydrogen-bond donors (Lipinski definition) is 0. The van der Waals surface area contributed by atoms with Crippen molar-refractivity contribution in [3.8, 4) is 0 Å². The molecule has 1 aromatic rings. The van der Waals surface area contributed by atoms with E-state index in [2.05, 4.69) is 30.2 Å². The van der Waals surface area contributed by atoms with Crippen molar-refractivity contribution in [2.24, 2.45) is 5.92 Å². The van der Waals surface area contributed by atoms with E-state index in [0.29, 0.717) is 12.2 Å². The quantitative estimate of drug-likeness (QED) is 0.769. The highest BCUT2D eigenvalue weighted by molar-refractivity contribution is 5.83. The molecule has 1 aliphatic heterocycles. The number of hydrogen-bond acceptors (Lipinski definition) is 2. The van der Waals surface area contributed by atoms with Gasteiger partial charge in [-0.2, -0.15) is 0 Å². The summed E-state index contributed by atoms with van der Waals surface area (Å²) in [5.74, 6) is 0.330. The van der Waals surface area contributed by atoms with Crippen molar-refractivity contribution < 1.29 is 4.79 Å². The molecule has 1 saturated heterocycles. The van der Waals surface area contributed by atoms with E-state index in [-0.39, 0.29) is 18.0 Å². The molecule has 2 heteroatoms. The topological polar surface area (TPSA) is 20.3 Å². The first-order chi connectivity index (χ1) is 9.19. The average Bonchev–Trinajstić information content (AvgIpc) is 2.44. The van der Waals surface area contributed by atoms with Crippen LogP contribution in [-0.2, 0) is 4.79 Å². The molecule has 0 bridgehead atoms. The number of rotatable bonds is 4. The van der Waals surface area contributed by atoms with Gasteiger partial charge in [-0.05, 0) is 5.56 Å². The minimum atomic E-state index is 0.0115. The summed E-state index contributed by atoms with van der Waals surface area (Å²) in [7, 11) is 0. The molecule has 3 atom stereocenters. The highest BCUT2D eigenvalue weighted by atomic mass is 16.1. The van der Waals surface area contributed by atoms with E-state index < -0.39 is 0 Å². The lowest BCUT2D eigenvalue weighted by atomic mass is 9.83. The highest BCUT2D eigenvalue weighted by Crippen LogP contribution is 2.35. The first kappa shape index (κ1) is 13.8. The summed E-state index contributed by atoms with van der Waals surface area (Å²) >= 11 is 0. The van der Waals surface area contributed by atoms with Gasteiger partial charge in [0.25, 0.3) is 0 Å². The zero-order chi connectivity index (χ0) is 13.8. The lowest BCUT2D eigenvalue weighted by Gasteiger charge is -2.43. The molecule has 1 fully saturated rings. The van der Waals surface area contributed by atoms with E-state index in [1.165, 1.54) is 5.56 Å². The van der Waals surface area contributed by atoms with Crippen LogP contribution >= 0.6 is 0 Å². The maximum Gasteiger partial charge on any atom is 0.139 e. The number of piperidine rings is 1. The van der Waals surface area contributed by atoms with Crippen molar-refractivity contribution >= 4 is 5.78 Å². The maximum atomic E-state index is 12.2. The van der Waals surface area contributed by atoms with E-state index in [0.717, 1.165) is 6.54 Å². The van der Waals surface area contributed by atoms with Crippen LogP contribution in [0.25, 0.3) is 0 Å². The van der Waals surface area contributed by atoms with E-state index in [1.807, 2.05) is 37.3 Å². The Morgan fingerprint density at radius 1 is 1.32 bits per heavy atom. The van der Waals surface area contributed by atoms with Gasteiger partial charge in [-0.3, -0.25) is 9.69 Å². The molecule has 0 spiro atoms. The van der Waals surface area contributed by atoms with Crippen LogP contribution in [0, 0.1) is 5.92 Å². The summed E-state index contributed by atoms with van der Waals surface area (Å²) in [6.07, 6.45) is 4.36. The normalized spacial score (nSPS) is 28.1. The van der Waals surface area contributed by atoms with Crippen molar-refractivity contribution in [1.29, 1.82) is 0 Å². The Kier molecular flexibility index (Phi) is 4.33. The van der Waals surface area contributed by atoms with Gasteiger partial charge in [-0.25, -0.2) is 0 Å². The van der Waals surface area contributed by atoms with E-state index in [1.54, 1.807) is 0 Å². The summed E-state index contributed by atoms with van der Waals surface area (Å²) < 4.78 is 0. The highest BCUT2D eigenvalue weighted by Gasteiger charge is 2.38. The molecular weight excluding hydrogens is 234 g/mol. The van der Waals surface area contributed by atoms with Gasteiger partial charge >= 0.3 is 0 Å². The SMILES string of the molecule is C=CCN1[C@H](c2ccccc2)CC(=O)[C@H](C)[C@@H]1C=C. The van der Waals surface area contributed by atoms with Crippen molar-refractivity contribution in [1.82, 2.24) is 4.90 Å². The molecule has 1 heterocycles. The number of carbonyl (C=O) groups is 1. The van der Waals surface area contributed by atoms with E-state index in [9.17, 15) is 4.79 Å². The lowest BCUT2D eigenvalue weighted by Crippen LogP contribution is -2.49. The molecule has 1 aliphatic rings.